The van der Waals surface area contributed by atoms with E-state index in [0.29, 0.717) is 17.6 Å². The molecule has 0 aliphatic carbocycles. The summed E-state index contributed by atoms with van der Waals surface area (Å²) in [4.78, 5) is 15.8. The maximum Gasteiger partial charge on any atom is 0.238 e. The van der Waals surface area contributed by atoms with Crippen LogP contribution in [0.2, 0.25) is 0 Å². The zero-order chi connectivity index (χ0) is 45.2. The van der Waals surface area contributed by atoms with Gasteiger partial charge in [-0.25, -0.2) is 4.98 Å². The van der Waals surface area contributed by atoms with Crippen molar-refractivity contribution in [2.45, 2.75) is 0 Å². The maximum absolute atomic E-state index is 6.90. The van der Waals surface area contributed by atoms with Crippen LogP contribution in [0.15, 0.2) is 229 Å². The Morgan fingerprint density at radius 2 is 0.783 bits per heavy atom. The number of nitrogens with zero attached hydrogens (tertiary/aromatic N) is 5. The van der Waals surface area contributed by atoms with E-state index in [-0.39, 0.29) is 0 Å². The number of aromatic nitrogens is 5. The van der Waals surface area contributed by atoms with Crippen molar-refractivity contribution in [3.63, 3.8) is 0 Å². The van der Waals surface area contributed by atoms with Gasteiger partial charge in [0.25, 0.3) is 0 Å². The molecule has 0 unspecified atom stereocenters. The summed E-state index contributed by atoms with van der Waals surface area (Å²) in [6, 6.07) is 79.8. The van der Waals surface area contributed by atoms with E-state index in [9.17, 15) is 0 Å². The van der Waals surface area contributed by atoms with Crippen LogP contribution < -0.4 is 0 Å². The fourth-order valence-electron chi connectivity index (χ4n) is 10.9. The Balaban J connectivity index is 0.956. The average Bonchev–Trinajstić information content (AvgIpc) is 4.06. The Hall–Kier alpha value is -9.39. The Labute approximate surface area is 394 Å². The molecule has 0 bridgehead atoms. The van der Waals surface area contributed by atoms with Gasteiger partial charge in [-0.3, -0.25) is 4.57 Å². The molecule has 0 saturated carbocycles. The van der Waals surface area contributed by atoms with Crippen molar-refractivity contribution in [2.24, 2.45) is 0 Å². The van der Waals surface area contributed by atoms with Crippen LogP contribution in [0, 0.1) is 0 Å². The molecule has 4 heterocycles. The fourth-order valence-corrected chi connectivity index (χ4v) is 10.9. The van der Waals surface area contributed by atoms with Gasteiger partial charge >= 0.3 is 0 Å². The number of hydrogen-bond donors (Lipinski definition) is 0. The topological polar surface area (TPSA) is 61.7 Å². The quantitative estimate of drug-likeness (QED) is 0.173. The Morgan fingerprint density at radius 1 is 0.290 bits per heavy atom. The molecule has 0 saturated heterocycles. The maximum atomic E-state index is 6.90. The van der Waals surface area contributed by atoms with Gasteiger partial charge in [0.15, 0.2) is 11.6 Å². The van der Waals surface area contributed by atoms with Crippen molar-refractivity contribution in [3.8, 4) is 45.5 Å². The van der Waals surface area contributed by atoms with E-state index in [1.807, 2.05) is 6.07 Å². The van der Waals surface area contributed by atoms with Crippen molar-refractivity contribution >= 4 is 97.9 Å². The third-order valence-electron chi connectivity index (χ3n) is 14.1. The van der Waals surface area contributed by atoms with Crippen LogP contribution in [0.3, 0.4) is 0 Å². The molecule has 69 heavy (non-hydrogen) atoms. The van der Waals surface area contributed by atoms with E-state index in [0.717, 1.165) is 93.5 Å². The predicted molar refractivity (Wildman–Crippen MR) is 285 cm³/mol. The van der Waals surface area contributed by atoms with Crippen LogP contribution in [-0.2, 0) is 0 Å². The second-order valence-corrected chi connectivity index (χ2v) is 18.0. The molecule has 0 atom stereocenters. The molecule has 11 aromatic carbocycles. The lowest BCUT2D eigenvalue weighted by atomic mass is 10.0. The molecule has 0 radical (unpaired) electrons. The van der Waals surface area contributed by atoms with Gasteiger partial charge in [-0.2, -0.15) is 9.97 Å². The molecule has 6 nitrogen and oxygen atoms in total. The molecule has 320 valence electrons. The Kier molecular flexibility index (Phi) is 7.97. The monoisotopic (exact) mass is 879 g/mol. The van der Waals surface area contributed by atoms with Gasteiger partial charge in [0.2, 0.25) is 5.95 Å². The van der Waals surface area contributed by atoms with Crippen LogP contribution in [0.1, 0.15) is 0 Å². The standard InChI is InChI=1S/C63H37N5O/c1-2-14-38(15-3-1)39-26-28-40(29-27-39)61-64-62(66-63(65-61)68-53-24-12-10-20-46(53)47-21-11-13-25-54(47)68)45-30-31-58-52(34-45)60-49-23-9-8-22-48(49)57(37-59(60)69-58)67-55-35-43-18-6-4-16-41(43)32-50(55)51-33-42-17-5-7-19-44(42)36-56(51)67/h1-37H. The molecule has 0 aliphatic rings. The predicted octanol–water partition coefficient (Wildman–Crippen LogP) is 16.4. The second kappa shape index (κ2) is 14.6. The molecule has 0 spiro atoms. The number of rotatable bonds is 5. The van der Waals surface area contributed by atoms with Crippen LogP contribution >= 0.6 is 0 Å². The van der Waals surface area contributed by atoms with Crippen molar-refractivity contribution in [1.29, 1.82) is 0 Å². The summed E-state index contributed by atoms with van der Waals surface area (Å²) in [5, 5.41) is 13.9. The van der Waals surface area contributed by atoms with Crippen LogP contribution in [0.25, 0.3) is 143 Å². The second-order valence-electron chi connectivity index (χ2n) is 18.0. The lowest BCUT2D eigenvalue weighted by Crippen LogP contribution is -2.06. The van der Waals surface area contributed by atoms with Gasteiger partial charge in [0.05, 0.1) is 27.8 Å². The number of benzene rings is 11. The highest BCUT2D eigenvalue weighted by Crippen LogP contribution is 2.44. The van der Waals surface area contributed by atoms with E-state index < -0.39 is 0 Å². The summed E-state index contributed by atoms with van der Waals surface area (Å²) in [6.07, 6.45) is 0. The molecular weight excluding hydrogens is 843 g/mol. The first-order valence-corrected chi connectivity index (χ1v) is 23.3. The molecule has 15 rings (SSSR count). The minimum absolute atomic E-state index is 0.554. The molecular formula is C63H37N5O. The van der Waals surface area contributed by atoms with Gasteiger partial charge in [-0.05, 0) is 92.7 Å². The minimum Gasteiger partial charge on any atom is -0.456 e. The Morgan fingerprint density at radius 3 is 1.42 bits per heavy atom. The van der Waals surface area contributed by atoms with Gasteiger partial charge in [-0.15, -0.1) is 0 Å². The van der Waals surface area contributed by atoms with Gasteiger partial charge in [0, 0.05) is 54.9 Å². The van der Waals surface area contributed by atoms with Crippen molar-refractivity contribution in [1.82, 2.24) is 24.1 Å². The van der Waals surface area contributed by atoms with Crippen molar-refractivity contribution in [2.75, 3.05) is 0 Å². The number of fused-ring (bicyclic) bond motifs is 13. The first-order valence-electron chi connectivity index (χ1n) is 23.3. The normalized spacial score (nSPS) is 12.1. The molecule has 4 aromatic heterocycles. The summed E-state index contributed by atoms with van der Waals surface area (Å²) < 4.78 is 11.5. The summed E-state index contributed by atoms with van der Waals surface area (Å²) >= 11 is 0. The minimum atomic E-state index is 0.554. The lowest BCUT2D eigenvalue weighted by molar-refractivity contribution is 0.669. The first-order chi connectivity index (χ1) is 34.2. The molecule has 6 heteroatoms. The average molecular weight is 880 g/mol. The highest BCUT2D eigenvalue weighted by Gasteiger charge is 2.22. The first kappa shape index (κ1) is 37.8. The van der Waals surface area contributed by atoms with E-state index in [4.69, 9.17) is 19.4 Å². The molecule has 0 fully saturated rings. The summed E-state index contributed by atoms with van der Waals surface area (Å²) in [5.41, 5.74) is 11.1. The van der Waals surface area contributed by atoms with Crippen LogP contribution in [0.4, 0.5) is 0 Å². The zero-order valence-corrected chi connectivity index (χ0v) is 37.0. The molecule has 15 aromatic rings. The highest BCUT2D eigenvalue weighted by molar-refractivity contribution is 6.23. The van der Waals surface area contributed by atoms with E-state index in [2.05, 4.69) is 228 Å². The molecule has 0 aliphatic heterocycles. The third kappa shape index (κ3) is 5.76. The Bertz CT molecular complexity index is 4450. The number of para-hydroxylation sites is 2. The summed E-state index contributed by atoms with van der Waals surface area (Å²) in [7, 11) is 0. The van der Waals surface area contributed by atoms with Crippen LogP contribution in [0.5, 0.6) is 0 Å². The zero-order valence-electron chi connectivity index (χ0n) is 37.0. The number of furan rings is 1. The van der Waals surface area contributed by atoms with Gasteiger partial charge in [0.1, 0.15) is 11.2 Å². The number of hydrogen-bond acceptors (Lipinski definition) is 4. The lowest BCUT2D eigenvalue weighted by Gasteiger charge is -2.13. The van der Waals surface area contributed by atoms with Crippen LogP contribution in [-0.4, -0.2) is 24.1 Å². The molecule has 0 N–H and O–H groups in total. The summed E-state index contributed by atoms with van der Waals surface area (Å²) in [6.45, 7) is 0. The SMILES string of the molecule is c1ccc(-c2ccc(-c3nc(-c4ccc5oc6cc(-n7c8cc9ccccc9cc8c8cc9ccccc9cc87)c7ccccc7c6c5c4)nc(-n4c5ccccc5c5ccccc54)n3)cc2)cc1. The van der Waals surface area contributed by atoms with Gasteiger partial charge in [-0.1, -0.05) is 164 Å². The van der Waals surface area contributed by atoms with Crippen molar-refractivity contribution < 1.29 is 4.42 Å². The van der Waals surface area contributed by atoms with Crippen molar-refractivity contribution in [3.05, 3.63) is 224 Å². The highest BCUT2D eigenvalue weighted by atomic mass is 16.3. The fraction of sp³-hybridized carbons (Fsp3) is 0. The van der Waals surface area contributed by atoms with Gasteiger partial charge < -0.3 is 8.98 Å². The third-order valence-corrected chi connectivity index (χ3v) is 14.1. The largest absolute Gasteiger partial charge is 0.456 e. The summed E-state index contributed by atoms with van der Waals surface area (Å²) in [5.74, 6) is 1.72. The van der Waals surface area contributed by atoms with E-state index >= 15 is 0 Å². The smallest absolute Gasteiger partial charge is 0.238 e. The van der Waals surface area contributed by atoms with E-state index in [1.165, 1.54) is 32.3 Å². The molecule has 0 amide bonds. The van der Waals surface area contributed by atoms with E-state index in [1.54, 1.807) is 0 Å².